The molecule has 3 heterocycles. The van der Waals surface area contributed by atoms with E-state index in [1.54, 1.807) is 22.3 Å². The maximum absolute atomic E-state index is 12.8. The van der Waals surface area contributed by atoms with E-state index in [0.717, 1.165) is 16.8 Å². The molecule has 8 heteroatoms. The Morgan fingerprint density at radius 3 is 2.76 bits per heavy atom. The van der Waals surface area contributed by atoms with Gasteiger partial charge < -0.3 is 4.42 Å². The molecule has 6 nitrogen and oxygen atoms in total. The molecular weight excluding hydrogens is 404 g/mol. The number of thiophene rings is 1. The van der Waals surface area contributed by atoms with Crippen LogP contribution < -0.4 is 4.90 Å². The number of carbonyl (C=O) groups excluding carboxylic acids is 1. The molecule has 0 saturated carbocycles. The third-order valence-corrected chi connectivity index (χ3v) is 5.74. The first-order valence-electron chi connectivity index (χ1n) is 9.02. The summed E-state index contributed by atoms with van der Waals surface area (Å²) in [6.45, 7) is 4.16. The Hall–Kier alpha value is -3.10. The van der Waals surface area contributed by atoms with E-state index in [1.807, 2.05) is 52.5 Å². The number of benzene rings is 1. The van der Waals surface area contributed by atoms with Crippen molar-refractivity contribution >= 4 is 33.7 Å². The molecule has 4 aromatic rings. The Morgan fingerprint density at radius 1 is 1.14 bits per heavy atom. The Balaban J connectivity index is 1.44. The van der Waals surface area contributed by atoms with Crippen LogP contribution in [0.4, 0.5) is 5.13 Å². The highest BCUT2D eigenvalue weighted by atomic mass is 32.1. The summed E-state index contributed by atoms with van der Waals surface area (Å²) < 4.78 is 5.67. The molecule has 29 heavy (non-hydrogen) atoms. The van der Waals surface area contributed by atoms with Crippen LogP contribution in [0.1, 0.15) is 12.3 Å². The molecule has 3 aromatic heterocycles. The third kappa shape index (κ3) is 4.49. The molecule has 0 fully saturated rings. The first-order valence-corrected chi connectivity index (χ1v) is 10.8. The van der Waals surface area contributed by atoms with E-state index in [-0.39, 0.29) is 12.3 Å². The molecule has 1 aromatic carbocycles. The van der Waals surface area contributed by atoms with Gasteiger partial charge in [0.2, 0.25) is 17.7 Å². The minimum Gasteiger partial charge on any atom is -0.421 e. The fourth-order valence-corrected chi connectivity index (χ4v) is 4.24. The standard InChI is InChI=1S/C21H18N4O2S2/c1-2-11-25(21-22-17(14-29-21)15-6-4-3-5-7-15)19(26)9-8-18-23-24-20(27-18)16-10-12-28-13-16/h2-7,10,12-14H,1,8-9,11H2. The number of hydrogen-bond donors (Lipinski definition) is 0. The van der Waals surface area contributed by atoms with Crippen LogP contribution in [0.2, 0.25) is 0 Å². The van der Waals surface area contributed by atoms with Gasteiger partial charge in [-0.3, -0.25) is 9.69 Å². The molecule has 4 rings (SSSR count). The van der Waals surface area contributed by atoms with Gasteiger partial charge in [-0.15, -0.1) is 28.1 Å². The molecule has 0 N–H and O–H groups in total. The lowest BCUT2D eigenvalue weighted by Gasteiger charge is -2.17. The number of rotatable bonds is 8. The number of aromatic nitrogens is 3. The summed E-state index contributed by atoms with van der Waals surface area (Å²) in [5.41, 5.74) is 2.77. The average molecular weight is 423 g/mol. The average Bonchev–Trinajstić information content (AvgIpc) is 3.52. The highest BCUT2D eigenvalue weighted by Crippen LogP contribution is 2.28. The molecule has 0 saturated heterocycles. The van der Waals surface area contributed by atoms with E-state index in [1.165, 1.54) is 11.3 Å². The van der Waals surface area contributed by atoms with E-state index in [9.17, 15) is 4.79 Å². The predicted molar refractivity (Wildman–Crippen MR) is 116 cm³/mol. The van der Waals surface area contributed by atoms with Crippen molar-refractivity contribution in [3.63, 3.8) is 0 Å². The number of amides is 1. The van der Waals surface area contributed by atoms with E-state index in [2.05, 4.69) is 21.8 Å². The SMILES string of the molecule is C=CCN(C(=O)CCc1nnc(-c2ccsc2)o1)c1nc(-c2ccccc2)cs1. The lowest BCUT2D eigenvalue weighted by atomic mass is 10.2. The summed E-state index contributed by atoms with van der Waals surface area (Å²) in [6, 6.07) is 11.8. The number of hydrogen-bond acceptors (Lipinski definition) is 7. The smallest absolute Gasteiger partial charge is 0.248 e. The summed E-state index contributed by atoms with van der Waals surface area (Å²) >= 11 is 3.01. The second-order valence-electron chi connectivity index (χ2n) is 6.19. The first kappa shape index (κ1) is 19.2. The Labute approximate surface area is 176 Å². The van der Waals surface area contributed by atoms with Gasteiger partial charge in [0, 0.05) is 41.3 Å². The first-order chi connectivity index (χ1) is 14.2. The fourth-order valence-electron chi connectivity index (χ4n) is 2.75. The van der Waals surface area contributed by atoms with Crippen molar-refractivity contribution in [2.45, 2.75) is 12.8 Å². The Bertz CT molecular complexity index is 1090. The topological polar surface area (TPSA) is 72.1 Å². The third-order valence-electron chi connectivity index (χ3n) is 4.19. The van der Waals surface area contributed by atoms with Gasteiger partial charge in [0.1, 0.15) is 0 Å². The van der Waals surface area contributed by atoms with Gasteiger partial charge in [0.15, 0.2) is 5.13 Å². The van der Waals surface area contributed by atoms with E-state index < -0.39 is 0 Å². The lowest BCUT2D eigenvalue weighted by Crippen LogP contribution is -2.31. The van der Waals surface area contributed by atoms with Crippen molar-refractivity contribution < 1.29 is 9.21 Å². The highest BCUT2D eigenvalue weighted by molar-refractivity contribution is 7.14. The molecule has 0 aliphatic rings. The number of aryl methyl sites for hydroxylation is 1. The molecule has 0 atom stereocenters. The monoisotopic (exact) mass is 422 g/mol. The van der Waals surface area contributed by atoms with Gasteiger partial charge in [-0.2, -0.15) is 11.3 Å². The van der Waals surface area contributed by atoms with Crippen LogP contribution >= 0.6 is 22.7 Å². The van der Waals surface area contributed by atoms with Gasteiger partial charge in [-0.05, 0) is 11.4 Å². The summed E-state index contributed by atoms with van der Waals surface area (Å²) in [5.74, 6) is 0.862. The van der Waals surface area contributed by atoms with Crippen LogP contribution in [0, 0.1) is 0 Å². The number of carbonyl (C=O) groups is 1. The van der Waals surface area contributed by atoms with Gasteiger partial charge in [0.05, 0.1) is 5.69 Å². The van der Waals surface area contributed by atoms with E-state index in [4.69, 9.17) is 4.42 Å². The van der Waals surface area contributed by atoms with Gasteiger partial charge in [0.25, 0.3) is 0 Å². The lowest BCUT2D eigenvalue weighted by molar-refractivity contribution is -0.118. The summed E-state index contributed by atoms with van der Waals surface area (Å²) in [4.78, 5) is 19.1. The summed E-state index contributed by atoms with van der Waals surface area (Å²) in [5, 5.41) is 14.6. The molecule has 0 bridgehead atoms. The van der Waals surface area contributed by atoms with Crippen molar-refractivity contribution in [1.82, 2.24) is 15.2 Å². The zero-order chi connectivity index (χ0) is 20.1. The van der Waals surface area contributed by atoms with Crippen LogP contribution in [0.3, 0.4) is 0 Å². The Kier molecular flexibility index (Phi) is 5.92. The molecule has 1 amide bonds. The highest BCUT2D eigenvalue weighted by Gasteiger charge is 2.19. The van der Waals surface area contributed by atoms with Crippen molar-refractivity contribution in [2.24, 2.45) is 0 Å². The summed E-state index contributed by atoms with van der Waals surface area (Å²) in [6.07, 6.45) is 2.32. The minimum atomic E-state index is -0.0610. The maximum Gasteiger partial charge on any atom is 0.248 e. The molecule has 0 unspecified atom stereocenters. The number of nitrogens with zero attached hydrogens (tertiary/aromatic N) is 4. The van der Waals surface area contributed by atoms with Crippen molar-refractivity contribution in [1.29, 1.82) is 0 Å². The largest absolute Gasteiger partial charge is 0.421 e. The molecule has 0 aliphatic heterocycles. The van der Waals surface area contributed by atoms with Crippen LogP contribution in [0.5, 0.6) is 0 Å². The molecule has 0 aliphatic carbocycles. The zero-order valence-electron chi connectivity index (χ0n) is 15.5. The van der Waals surface area contributed by atoms with Gasteiger partial charge >= 0.3 is 0 Å². The van der Waals surface area contributed by atoms with Crippen molar-refractivity contribution in [3.05, 3.63) is 71.1 Å². The summed E-state index contributed by atoms with van der Waals surface area (Å²) in [7, 11) is 0. The second-order valence-corrected chi connectivity index (χ2v) is 7.80. The minimum absolute atomic E-state index is 0.0610. The van der Waals surface area contributed by atoms with Crippen molar-refractivity contribution in [3.8, 4) is 22.7 Å². The van der Waals surface area contributed by atoms with Crippen molar-refractivity contribution in [2.75, 3.05) is 11.4 Å². The fraction of sp³-hybridized carbons (Fsp3) is 0.143. The molecule has 146 valence electrons. The predicted octanol–water partition coefficient (Wildman–Crippen LogP) is 5.07. The van der Waals surface area contributed by atoms with Gasteiger partial charge in [-0.25, -0.2) is 4.98 Å². The number of thiazole rings is 1. The Morgan fingerprint density at radius 2 is 2.00 bits per heavy atom. The van der Waals surface area contributed by atoms with Crippen LogP contribution in [0.25, 0.3) is 22.7 Å². The van der Waals surface area contributed by atoms with E-state index >= 15 is 0 Å². The second kappa shape index (κ2) is 8.93. The van der Waals surface area contributed by atoms with Gasteiger partial charge in [-0.1, -0.05) is 36.4 Å². The van der Waals surface area contributed by atoms with E-state index in [0.29, 0.717) is 29.9 Å². The zero-order valence-corrected chi connectivity index (χ0v) is 17.2. The molecule has 0 radical (unpaired) electrons. The molecule has 0 spiro atoms. The quantitative estimate of drug-likeness (QED) is 0.371. The van der Waals surface area contributed by atoms with Crippen LogP contribution in [-0.4, -0.2) is 27.6 Å². The normalized spacial score (nSPS) is 10.8. The van der Waals surface area contributed by atoms with Crippen LogP contribution in [0.15, 0.2) is 69.6 Å². The molecular formula is C21H18N4O2S2. The maximum atomic E-state index is 12.8. The number of anilines is 1. The van der Waals surface area contributed by atoms with Crippen LogP contribution in [-0.2, 0) is 11.2 Å².